The summed E-state index contributed by atoms with van der Waals surface area (Å²) >= 11 is 11.1. The lowest BCUT2D eigenvalue weighted by molar-refractivity contribution is -0.131. The van der Waals surface area contributed by atoms with Gasteiger partial charge in [0.1, 0.15) is 0 Å². The molecule has 1 aromatic carbocycles. The molecule has 22 heteroatoms. The monoisotopic (exact) mass is 1030 g/mol. The quantitative estimate of drug-likeness (QED) is 0.0213. The predicted molar refractivity (Wildman–Crippen MR) is 296 cm³/mol. The minimum absolute atomic E-state index is 0.0214. The van der Waals surface area contributed by atoms with E-state index in [2.05, 4.69) is 45.8 Å². The number of guanidine groups is 3. The second kappa shape index (κ2) is 42.4. The van der Waals surface area contributed by atoms with Crippen molar-refractivity contribution in [2.45, 2.75) is 62.9 Å². The van der Waals surface area contributed by atoms with Gasteiger partial charge < -0.3 is 54.8 Å². The maximum atomic E-state index is 13.2. The van der Waals surface area contributed by atoms with Crippen molar-refractivity contribution in [1.29, 1.82) is 0 Å². The first-order valence-electron chi connectivity index (χ1n) is 22.8. The Kier molecular flexibility index (Phi) is 39.3. The minimum Gasteiger partial charge on any atom is -0.370 e. The van der Waals surface area contributed by atoms with Crippen LogP contribution in [0.4, 0.5) is 0 Å². The average molecular weight is 1030 g/mol. The van der Waals surface area contributed by atoms with Gasteiger partial charge in [-0.1, -0.05) is 30.3 Å². The molecule has 0 fully saturated rings. The van der Waals surface area contributed by atoms with E-state index in [1.807, 2.05) is 56.8 Å². The molecule has 0 aromatic heterocycles. The Morgan fingerprint density at radius 1 is 0.470 bits per heavy atom. The lowest BCUT2D eigenvalue weighted by Gasteiger charge is -2.22. The summed E-state index contributed by atoms with van der Waals surface area (Å²) in [6.07, 6.45) is 8.23. The Bertz CT molecular complexity index is 1530. The summed E-state index contributed by atoms with van der Waals surface area (Å²) in [5.74, 6) is 11.8. The van der Waals surface area contributed by atoms with Crippen molar-refractivity contribution in [1.82, 2.24) is 14.7 Å². The fraction of sp³-hybridized carbons (Fsp3) is 0.682. The van der Waals surface area contributed by atoms with Crippen molar-refractivity contribution in [2.24, 2.45) is 55.1 Å². The van der Waals surface area contributed by atoms with Crippen molar-refractivity contribution in [3.8, 4) is 0 Å². The summed E-state index contributed by atoms with van der Waals surface area (Å²) in [5, 5.41) is 0. The molecule has 3 amide bonds. The first kappa shape index (κ1) is 61.3. The lowest BCUT2D eigenvalue weighted by atomic mass is 10.2. The summed E-state index contributed by atoms with van der Waals surface area (Å²) in [6.45, 7) is 8.97. The smallest absolute Gasteiger partial charge is 0.223 e. The Balaban J connectivity index is 2.36. The van der Waals surface area contributed by atoms with E-state index in [0.717, 1.165) is 108 Å². The van der Waals surface area contributed by atoms with E-state index in [1.165, 1.54) is 11.1 Å². The largest absolute Gasteiger partial charge is 0.370 e. The lowest BCUT2D eigenvalue weighted by Crippen LogP contribution is -2.35. The van der Waals surface area contributed by atoms with Crippen LogP contribution in [0, 0.1) is 0 Å². The van der Waals surface area contributed by atoms with Crippen LogP contribution in [0.25, 0.3) is 0 Å². The van der Waals surface area contributed by atoms with Gasteiger partial charge in [-0.2, -0.15) is 70.6 Å². The topological polar surface area (TPSA) is 280 Å². The van der Waals surface area contributed by atoms with Crippen molar-refractivity contribution < 1.29 is 14.4 Å². The zero-order valence-electron chi connectivity index (χ0n) is 39.2. The molecule has 0 unspecified atom stereocenters. The number of hydrogen-bond acceptors (Lipinski definition) is 13. The van der Waals surface area contributed by atoms with Crippen LogP contribution in [0.15, 0.2) is 51.9 Å². The van der Waals surface area contributed by atoms with Gasteiger partial charge >= 0.3 is 0 Å². The summed E-state index contributed by atoms with van der Waals surface area (Å²) in [5.41, 5.74) is 41.0. The van der Waals surface area contributed by atoms with Crippen LogP contribution in [0.3, 0.4) is 0 Å². The second-order valence-electron chi connectivity index (χ2n) is 15.0. The molecule has 0 atom stereocenters. The maximum Gasteiger partial charge on any atom is 0.223 e. The predicted octanol–water partition coefficient (Wildman–Crippen LogP) is 3.66. The summed E-state index contributed by atoms with van der Waals surface area (Å²) in [7, 11) is 0. The molecule has 376 valence electrons. The molecule has 1 aromatic rings. The van der Waals surface area contributed by atoms with Gasteiger partial charge in [0.15, 0.2) is 17.9 Å². The Labute approximate surface area is 421 Å². The van der Waals surface area contributed by atoms with Gasteiger partial charge in [0.05, 0.1) is 19.6 Å². The molecule has 66 heavy (non-hydrogen) atoms. The first-order chi connectivity index (χ1) is 32.0. The van der Waals surface area contributed by atoms with Gasteiger partial charge in [0.25, 0.3) is 0 Å². The molecule has 0 aliphatic carbocycles. The summed E-state index contributed by atoms with van der Waals surface area (Å²) in [6, 6.07) is 8.71. The number of carbonyl (C=O) groups is 3. The van der Waals surface area contributed by atoms with Crippen molar-refractivity contribution in [2.75, 3.05) is 123 Å². The van der Waals surface area contributed by atoms with E-state index in [1.54, 1.807) is 34.5 Å². The molecular weight excluding hydrogens is 951 g/mol. The Hall–Kier alpha value is -2.76. The third kappa shape index (κ3) is 35.4. The molecule has 0 aliphatic heterocycles. The fourth-order valence-corrected chi connectivity index (χ4v) is 11.7. The molecule has 0 saturated heterocycles. The maximum absolute atomic E-state index is 13.2. The fourth-order valence-electron chi connectivity index (χ4n) is 5.99. The molecule has 0 bridgehead atoms. The van der Waals surface area contributed by atoms with Crippen LogP contribution in [-0.2, 0) is 25.9 Å². The highest BCUT2D eigenvalue weighted by atomic mass is 32.2. The van der Waals surface area contributed by atoms with Gasteiger partial charge in [-0.25, -0.2) is 0 Å². The number of thioether (sulfide) groups is 6. The highest BCUT2D eigenvalue weighted by Crippen LogP contribution is 2.19. The second-order valence-corrected chi connectivity index (χ2v) is 22.1. The zero-order chi connectivity index (χ0) is 48.5. The number of nitrogens with zero attached hydrogens (tertiary/aromatic N) is 6. The van der Waals surface area contributed by atoms with Gasteiger partial charge in [0, 0.05) is 87.3 Å². The van der Waals surface area contributed by atoms with Gasteiger partial charge in [0.2, 0.25) is 17.7 Å². The van der Waals surface area contributed by atoms with Gasteiger partial charge in [-0.3, -0.25) is 29.4 Å². The molecular formula is C44H81N13O3S6. The highest BCUT2D eigenvalue weighted by molar-refractivity contribution is 8.00. The van der Waals surface area contributed by atoms with Crippen LogP contribution in [0.1, 0.15) is 62.5 Å². The van der Waals surface area contributed by atoms with Crippen LogP contribution in [0.2, 0.25) is 0 Å². The van der Waals surface area contributed by atoms with E-state index in [9.17, 15) is 14.4 Å². The zero-order valence-corrected chi connectivity index (χ0v) is 44.1. The third-order valence-corrected chi connectivity index (χ3v) is 16.0. The van der Waals surface area contributed by atoms with Crippen molar-refractivity contribution >= 4 is 106 Å². The van der Waals surface area contributed by atoms with Gasteiger partial charge in [-0.05, 0) is 90.0 Å². The van der Waals surface area contributed by atoms with E-state index in [4.69, 9.17) is 40.1 Å². The molecule has 14 N–H and O–H groups in total. The normalized spacial score (nSPS) is 10.9. The number of benzene rings is 1. The van der Waals surface area contributed by atoms with Crippen LogP contribution in [-0.4, -0.2) is 173 Å². The van der Waals surface area contributed by atoms with Crippen LogP contribution in [0.5, 0.6) is 0 Å². The number of nitrogens with two attached hydrogens (primary N) is 7. The molecule has 0 radical (unpaired) electrons. The van der Waals surface area contributed by atoms with Crippen molar-refractivity contribution in [3.05, 3.63) is 48.0 Å². The number of amides is 3. The summed E-state index contributed by atoms with van der Waals surface area (Å²) < 4.78 is 0. The van der Waals surface area contributed by atoms with Crippen LogP contribution < -0.4 is 40.1 Å². The van der Waals surface area contributed by atoms with E-state index < -0.39 is 0 Å². The third-order valence-electron chi connectivity index (χ3n) is 9.42. The minimum atomic E-state index is 0.0214. The molecule has 1 rings (SSSR count). The number of rotatable bonds is 43. The molecule has 0 heterocycles. The van der Waals surface area contributed by atoms with Crippen LogP contribution >= 0.6 is 70.6 Å². The van der Waals surface area contributed by atoms with E-state index >= 15 is 0 Å². The molecule has 16 nitrogen and oxygen atoms in total. The summed E-state index contributed by atoms with van der Waals surface area (Å²) in [4.78, 5) is 56.6. The number of carbonyl (C=O) groups excluding carboxylic acids is 3. The molecule has 0 saturated carbocycles. The highest BCUT2D eigenvalue weighted by Gasteiger charge is 2.15. The standard InChI is InChI=1S/C44H81N13O3S6/c1-2-19-55(22-16-52-42(46)47)39(58)12-32-63-31-7-29-62-26-4-20-56(23-17-53-43(48)49)41(60)14-34-66-36-38-10-8-37(9-11-38)35-65-27-5-21-57(24-18-54-44(50)51)40(59)13-33-64-30-6-28-61-25-3-15-45/h2,8-11H,1,3-7,12-36,45H2,(H4,46,47,52)(H4,48,49,53)(H4,50,51,54). The first-order valence-corrected chi connectivity index (χ1v) is 29.7. The van der Waals surface area contributed by atoms with Crippen molar-refractivity contribution in [3.63, 3.8) is 0 Å². The van der Waals surface area contributed by atoms with E-state index in [0.29, 0.717) is 78.2 Å². The Morgan fingerprint density at radius 2 is 0.803 bits per heavy atom. The Morgan fingerprint density at radius 3 is 1.21 bits per heavy atom. The average Bonchev–Trinajstić information content (AvgIpc) is 3.28. The number of aliphatic imine (C=N–C) groups is 3. The molecule has 0 spiro atoms. The SMILES string of the molecule is C=CCN(CCN=C(N)N)C(=O)CCSCCCSCCCN(CCN=C(N)N)C(=O)CCSCc1ccc(CSCCCN(CCN=C(N)N)C(=O)CCSCCCSCCCN)cc1. The number of hydrogen-bond donors (Lipinski definition) is 7. The van der Waals surface area contributed by atoms with E-state index in [-0.39, 0.29) is 35.6 Å². The molecule has 0 aliphatic rings. The van der Waals surface area contributed by atoms with Gasteiger partial charge in [-0.15, -0.1) is 6.58 Å².